The molecule has 0 radical (unpaired) electrons. The number of carbonyl (C=O) groups excluding carboxylic acids is 2. The zero-order valence-electron chi connectivity index (χ0n) is 15.3. The molecule has 0 aliphatic rings. The highest BCUT2D eigenvalue weighted by Crippen LogP contribution is 2.18. The van der Waals surface area contributed by atoms with Gasteiger partial charge in [0.15, 0.2) is 6.61 Å². The second kappa shape index (κ2) is 10.3. The van der Waals surface area contributed by atoms with Crippen LogP contribution in [0.3, 0.4) is 0 Å². The van der Waals surface area contributed by atoms with Crippen molar-refractivity contribution < 1.29 is 37.0 Å². The molecule has 2 rings (SSSR count). The molecule has 0 aliphatic heterocycles. The number of benzene rings is 1. The minimum atomic E-state index is -4.48. The number of aromatic nitrogens is 1. The van der Waals surface area contributed by atoms with Crippen molar-refractivity contribution in [3.8, 4) is 5.88 Å². The predicted octanol–water partition coefficient (Wildman–Crippen LogP) is 3.47. The molecule has 2 aromatic rings. The number of amides is 2. The van der Waals surface area contributed by atoms with E-state index in [-0.39, 0.29) is 24.7 Å². The first-order valence-electron chi connectivity index (χ1n) is 8.26. The second-order valence-corrected chi connectivity index (χ2v) is 5.58. The average Bonchev–Trinajstić information content (AvgIpc) is 2.66. The van der Waals surface area contributed by atoms with Gasteiger partial charge in [-0.15, -0.1) is 0 Å². The highest BCUT2D eigenvalue weighted by Gasteiger charge is 2.28. The summed E-state index contributed by atoms with van der Waals surface area (Å²) in [6.45, 7) is -1.12. The Morgan fingerprint density at radius 1 is 1.07 bits per heavy atom. The maximum absolute atomic E-state index is 12.3. The van der Waals surface area contributed by atoms with E-state index in [0.29, 0.717) is 11.4 Å². The number of hydrogen-bond acceptors (Lipinski definition) is 6. The first kappa shape index (κ1) is 22.0. The van der Waals surface area contributed by atoms with Crippen LogP contribution in [0.15, 0.2) is 42.6 Å². The normalized spacial score (nSPS) is 10.9. The van der Waals surface area contributed by atoms with E-state index in [4.69, 9.17) is 9.47 Å². The Bertz CT molecular complexity index is 828. The summed E-state index contributed by atoms with van der Waals surface area (Å²) in [4.78, 5) is 27.5. The lowest BCUT2D eigenvalue weighted by Gasteiger charge is -2.10. The SMILES string of the molecule is COCCOC(=O)Nc1cccc(NC(=O)c2ccc(OCC(F)(F)F)nc2)c1. The third-order valence-electron chi connectivity index (χ3n) is 3.27. The van der Waals surface area contributed by atoms with Crippen LogP contribution in [0.25, 0.3) is 0 Å². The van der Waals surface area contributed by atoms with E-state index in [0.717, 1.165) is 12.3 Å². The molecule has 0 saturated carbocycles. The van der Waals surface area contributed by atoms with Gasteiger partial charge in [0.2, 0.25) is 5.88 Å². The Kier molecular flexibility index (Phi) is 7.78. The fraction of sp³-hybridized carbons (Fsp3) is 0.278. The molecule has 0 atom stereocenters. The van der Waals surface area contributed by atoms with Crippen molar-refractivity contribution in [3.63, 3.8) is 0 Å². The molecule has 11 heteroatoms. The second-order valence-electron chi connectivity index (χ2n) is 5.58. The van der Waals surface area contributed by atoms with Crippen LogP contribution in [0.4, 0.5) is 29.3 Å². The molecule has 1 heterocycles. The van der Waals surface area contributed by atoms with E-state index in [1.54, 1.807) is 18.2 Å². The van der Waals surface area contributed by atoms with Crippen molar-refractivity contribution in [1.29, 1.82) is 0 Å². The lowest BCUT2D eigenvalue weighted by atomic mass is 10.2. The standard InChI is InChI=1S/C18H18F3N3O5/c1-27-7-8-28-17(26)24-14-4-2-3-13(9-14)23-16(25)12-5-6-15(22-10-12)29-11-18(19,20)21/h2-6,9-10H,7-8,11H2,1H3,(H,23,25)(H,24,26). The maximum Gasteiger partial charge on any atom is 0.422 e. The molecule has 29 heavy (non-hydrogen) atoms. The predicted molar refractivity (Wildman–Crippen MR) is 97.0 cm³/mol. The molecular formula is C18H18F3N3O5. The summed E-state index contributed by atoms with van der Waals surface area (Å²) in [7, 11) is 1.48. The van der Waals surface area contributed by atoms with Crippen molar-refractivity contribution >= 4 is 23.4 Å². The highest BCUT2D eigenvalue weighted by molar-refractivity contribution is 6.04. The number of rotatable bonds is 8. The molecule has 0 bridgehead atoms. The van der Waals surface area contributed by atoms with E-state index in [9.17, 15) is 22.8 Å². The Morgan fingerprint density at radius 3 is 2.41 bits per heavy atom. The lowest BCUT2D eigenvalue weighted by molar-refractivity contribution is -0.154. The van der Waals surface area contributed by atoms with E-state index in [1.165, 1.54) is 19.2 Å². The van der Waals surface area contributed by atoms with Gasteiger partial charge in [0.1, 0.15) is 6.61 Å². The third kappa shape index (κ3) is 8.05. The number of alkyl halides is 3. The van der Waals surface area contributed by atoms with Crippen LogP contribution >= 0.6 is 0 Å². The number of anilines is 2. The van der Waals surface area contributed by atoms with Crippen molar-refractivity contribution in [1.82, 2.24) is 4.98 Å². The smallest absolute Gasteiger partial charge is 0.422 e. The van der Waals surface area contributed by atoms with E-state index >= 15 is 0 Å². The molecule has 2 amide bonds. The molecule has 0 spiro atoms. The fourth-order valence-electron chi connectivity index (χ4n) is 2.01. The van der Waals surface area contributed by atoms with Gasteiger partial charge < -0.3 is 19.5 Å². The van der Waals surface area contributed by atoms with E-state index in [1.807, 2.05) is 0 Å². The van der Waals surface area contributed by atoms with Gasteiger partial charge in [0.05, 0.1) is 12.2 Å². The third-order valence-corrected chi connectivity index (χ3v) is 3.27. The van der Waals surface area contributed by atoms with Crippen LogP contribution in [0.2, 0.25) is 0 Å². The molecule has 2 N–H and O–H groups in total. The van der Waals surface area contributed by atoms with Crippen molar-refractivity contribution in [2.24, 2.45) is 0 Å². The Labute approximate surface area is 164 Å². The summed E-state index contributed by atoms with van der Waals surface area (Å²) < 4.78 is 50.5. The molecule has 0 aliphatic carbocycles. The van der Waals surface area contributed by atoms with Gasteiger partial charge in [-0.3, -0.25) is 10.1 Å². The van der Waals surface area contributed by atoms with Crippen LogP contribution in [0, 0.1) is 0 Å². The van der Waals surface area contributed by atoms with Gasteiger partial charge in [-0.25, -0.2) is 9.78 Å². The van der Waals surface area contributed by atoms with Gasteiger partial charge >= 0.3 is 12.3 Å². The summed E-state index contributed by atoms with van der Waals surface area (Å²) in [5.41, 5.74) is 0.878. The van der Waals surface area contributed by atoms with Crippen molar-refractivity contribution in [3.05, 3.63) is 48.2 Å². The minimum Gasteiger partial charge on any atom is -0.468 e. The van der Waals surface area contributed by atoms with Gasteiger partial charge in [-0.2, -0.15) is 13.2 Å². The Morgan fingerprint density at radius 2 is 1.79 bits per heavy atom. The van der Waals surface area contributed by atoms with Crippen molar-refractivity contribution in [2.45, 2.75) is 6.18 Å². The number of hydrogen-bond donors (Lipinski definition) is 2. The molecule has 8 nitrogen and oxygen atoms in total. The van der Waals surface area contributed by atoms with Gasteiger partial charge in [0, 0.05) is 30.7 Å². The van der Waals surface area contributed by atoms with Crippen LogP contribution in [0.5, 0.6) is 5.88 Å². The topological polar surface area (TPSA) is 98.8 Å². The zero-order chi connectivity index (χ0) is 21.3. The molecule has 1 aromatic carbocycles. The number of halogens is 3. The first-order chi connectivity index (χ1) is 13.8. The largest absolute Gasteiger partial charge is 0.468 e. The summed E-state index contributed by atoms with van der Waals surface area (Å²) >= 11 is 0. The number of methoxy groups -OCH3 is 1. The first-order valence-corrected chi connectivity index (χ1v) is 8.26. The average molecular weight is 413 g/mol. The van der Waals surface area contributed by atoms with Crippen LogP contribution < -0.4 is 15.4 Å². The summed E-state index contributed by atoms with van der Waals surface area (Å²) in [5, 5.41) is 5.09. The quantitative estimate of drug-likeness (QED) is 0.643. The molecular weight excluding hydrogens is 395 g/mol. The molecule has 0 saturated heterocycles. The van der Waals surface area contributed by atoms with Gasteiger partial charge in [-0.1, -0.05) is 6.07 Å². The Balaban J connectivity index is 1.92. The summed E-state index contributed by atoms with van der Waals surface area (Å²) in [6, 6.07) is 8.74. The number of pyridine rings is 1. The molecule has 0 unspecified atom stereocenters. The number of nitrogens with one attached hydrogen (secondary N) is 2. The number of carbonyl (C=O) groups is 2. The van der Waals surface area contributed by atoms with E-state index < -0.39 is 24.8 Å². The number of ether oxygens (including phenoxy) is 3. The van der Waals surface area contributed by atoms with Gasteiger partial charge in [-0.05, 0) is 24.3 Å². The van der Waals surface area contributed by atoms with Crippen LogP contribution in [-0.4, -0.2) is 50.1 Å². The van der Waals surface area contributed by atoms with Gasteiger partial charge in [0.25, 0.3) is 5.91 Å². The molecule has 0 fully saturated rings. The highest BCUT2D eigenvalue weighted by atomic mass is 19.4. The summed E-state index contributed by atoms with van der Waals surface area (Å²) in [6.07, 6.45) is -4.06. The maximum atomic E-state index is 12.3. The lowest BCUT2D eigenvalue weighted by Crippen LogP contribution is -2.19. The fourth-order valence-corrected chi connectivity index (χ4v) is 2.01. The summed E-state index contributed by atoms with van der Waals surface area (Å²) in [5.74, 6) is -0.795. The zero-order valence-corrected chi connectivity index (χ0v) is 15.3. The van der Waals surface area contributed by atoms with Crippen LogP contribution in [0.1, 0.15) is 10.4 Å². The number of nitrogens with zero attached hydrogens (tertiary/aromatic N) is 1. The monoisotopic (exact) mass is 413 g/mol. The van der Waals surface area contributed by atoms with E-state index in [2.05, 4.69) is 20.4 Å². The minimum absolute atomic E-state index is 0.0917. The molecule has 156 valence electrons. The Hall–Kier alpha value is -3.34. The van der Waals surface area contributed by atoms with Crippen molar-refractivity contribution in [2.75, 3.05) is 37.6 Å². The van der Waals surface area contributed by atoms with Crippen LogP contribution in [-0.2, 0) is 9.47 Å². The molecule has 1 aromatic heterocycles.